The minimum absolute atomic E-state index is 0.0359. The molecule has 4 fully saturated rings. The summed E-state index contributed by atoms with van der Waals surface area (Å²) < 4.78 is 12.5. The van der Waals surface area contributed by atoms with E-state index in [-0.39, 0.29) is 36.6 Å². The average molecular weight is 383 g/mol. The summed E-state index contributed by atoms with van der Waals surface area (Å²) in [6, 6.07) is 0. The van der Waals surface area contributed by atoms with Gasteiger partial charge in [-0.15, -0.1) is 0 Å². The van der Waals surface area contributed by atoms with E-state index in [4.69, 9.17) is 14.6 Å². The predicted octanol–water partition coefficient (Wildman–Crippen LogP) is 3.31. The van der Waals surface area contributed by atoms with Crippen LogP contribution in [-0.4, -0.2) is 46.7 Å². The molecule has 4 unspecified atom stereocenters. The topological polar surface area (TPSA) is 76.0 Å². The van der Waals surface area contributed by atoms with E-state index in [1.807, 2.05) is 0 Å². The average Bonchev–Trinajstić information content (AvgIpc) is 2.55. The molecular formula is C22H38O5. The molecule has 0 saturated heterocycles. The molecule has 2 N–H and O–H groups in total. The third-order valence-electron chi connectivity index (χ3n) is 6.90. The number of carbonyl (C=O) groups excluding carboxylic acids is 1. The second kappa shape index (κ2) is 8.00. The molecule has 5 heteroatoms. The van der Waals surface area contributed by atoms with Gasteiger partial charge in [0.25, 0.3) is 0 Å². The van der Waals surface area contributed by atoms with Crippen molar-refractivity contribution in [3.05, 3.63) is 0 Å². The van der Waals surface area contributed by atoms with Crippen LogP contribution in [0, 0.1) is 29.6 Å². The molecule has 0 spiro atoms. The maximum Gasteiger partial charge on any atom is 0.309 e. The maximum atomic E-state index is 13.1. The number of carbonyl (C=O) groups is 1. The van der Waals surface area contributed by atoms with Crippen LogP contribution in [0.5, 0.6) is 0 Å². The van der Waals surface area contributed by atoms with Gasteiger partial charge in [-0.25, -0.2) is 0 Å². The van der Waals surface area contributed by atoms with Crippen LogP contribution in [0.2, 0.25) is 0 Å². The predicted molar refractivity (Wildman–Crippen MR) is 103 cm³/mol. The first-order valence-corrected chi connectivity index (χ1v) is 10.8. The molecule has 4 atom stereocenters. The smallest absolute Gasteiger partial charge is 0.309 e. The Balaban J connectivity index is 1.72. The van der Waals surface area contributed by atoms with Crippen molar-refractivity contribution in [2.24, 2.45) is 29.6 Å². The lowest BCUT2D eigenvalue weighted by Crippen LogP contribution is -2.62. The quantitative estimate of drug-likeness (QED) is 0.598. The Morgan fingerprint density at radius 3 is 2.19 bits per heavy atom. The number of aliphatic hydroxyl groups is 2. The highest BCUT2D eigenvalue weighted by atomic mass is 16.6. The molecule has 4 aliphatic rings. The Morgan fingerprint density at radius 2 is 1.67 bits per heavy atom. The first-order chi connectivity index (χ1) is 12.7. The van der Waals surface area contributed by atoms with Crippen LogP contribution in [0.1, 0.15) is 72.6 Å². The highest BCUT2D eigenvalue weighted by Gasteiger charge is 2.60. The third-order valence-corrected chi connectivity index (χ3v) is 6.90. The van der Waals surface area contributed by atoms with E-state index >= 15 is 0 Å². The largest absolute Gasteiger partial charge is 0.459 e. The third kappa shape index (κ3) is 4.68. The van der Waals surface area contributed by atoms with Gasteiger partial charge in [-0.2, -0.15) is 0 Å². The van der Waals surface area contributed by atoms with Crippen LogP contribution >= 0.6 is 0 Å². The minimum atomic E-state index is -0.840. The number of rotatable bonds is 9. The molecule has 4 saturated carbocycles. The van der Waals surface area contributed by atoms with E-state index in [1.54, 1.807) is 0 Å². The van der Waals surface area contributed by atoms with Crippen LogP contribution in [0.3, 0.4) is 0 Å². The van der Waals surface area contributed by atoms with E-state index in [2.05, 4.69) is 27.7 Å². The summed E-state index contributed by atoms with van der Waals surface area (Å²) in [6.07, 6.45) is 5.85. The summed E-state index contributed by atoms with van der Waals surface area (Å²) in [5, 5.41) is 18.8. The molecule has 4 rings (SSSR count). The fourth-order valence-electron chi connectivity index (χ4n) is 6.15. The standard InChI is InChI=1S/C22H38O5/c1-14(2)5-19(15(3)4)20(25)27-22-9-16-6-17(10-22)8-21(7-16,13-22)26-12-18(24)11-23/h14-19,23-24H,5-13H2,1-4H3. The number of aliphatic hydroxyl groups excluding tert-OH is 2. The van der Waals surface area contributed by atoms with Crippen molar-refractivity contribution in [2.45, 2.75) is 89.9 Å². The number of hydrogen-bond donors (Lipinski definition) is 2. The lowest BCUT2D eigenvalue weighted by atomic mass is 9.52. The molecule has 156 valence electrons. The van der Waals surface area contributed by atoms with E-state index in [0.29, 0.717) is 17.8 Å². The summed E-state index contributed by atoms with van der Waals surface area (Å²) in [7, 11) is 0. The molecular weight excluding hydrogens is 344 g/mol. The van der Waals surface area contributed by atoms with Crippen LogP contribution in [0.25, 0.3) is 0 Å². The van der Waals surface area contributed by atoms with Crippen molar-refractivity contribution in [3.8, 4) is 0 Å². The van der Waals surface area contributed by atoms with Crippen molar-refractivity contribution in [3.63, 3.8) is 0 Å². The van der Waals surface area contributed by atoms with E-state index < -0.39 is 11.7 Å². The zero-order chi connectivity index (χ0) is 19.8. The number of ether oxygens (including phenoxy) is 2. The van der Waals surface area contributed by atoms with Crippen molar-refractivity contribution in [2.75, 3.05) is 13.2 Å². The Labute approximate surface area is 163 Å². The second-order valence-electron chi connectivity index (χ2n) is 10.4. The van der Waals surface area contributed by atoms with Gasteiger partial charge < -0.3 is 19.7 Å². The normalized spacial score (nSPS) is 37.0. The van der Waals surface area contributed by atoms with Crippen LogP contribution in [0.15, 0.2) is 0 Å². The van der Waals surface area contributed by atoms with Gasteiger partial charge in [-0.3, -0.25) is 4.79 Å². The Hall–Kier alpha value is -0.650. The lowest BCUT2D eigenvalue weighted by Gasteiger charge is -2.61. The lowest BCUT2D eigenvalue weighted by molar-refractivity contribution is -0.241. The van der Waals surface area contributed by atoms with Crippen LogP contribution < -0.4 is 0 Å². The SMILES string of the molecule is CC(C)CC(C(=O)OC12CC3CC(CC(OCC(O)CO)(C3)C1)C2)C(C)C. The molecule has 0 aromatic heterocycles. The van der Waals surface area contributed by atoms with E-state index in [0.717, 1.165) is 38.5 Å². The van der Waals surface area contributed by atoms with Gasteiger partial charge in [-0.1, -0.05) is 27.7 Å². The van der Waals surface area contributed by atoms with E-state index in [9.17, 15) is 9.90 Å². The van der Waals surface area contributed by atoms with Crippen LogP contribution in [0.4, 0.5) is 0 Å². The van der Waals surface area contributed by atoms with Crippen molar-refractivity contribution in [1.29, 1.82) is 0 Å². The first-order valence-electron chi connectivity index (χ1n) is 10.8. The summed E-state index contributed by atoms with van der Waals surface area (Å²) in [6.45, 7) is 8.39. The molecule has 4 bridgehead atoms. The molecule has 0 amide bonds. The minimum Gasteiger partial charge on any atom is -0.459 e. The molecule has 0 aromatic carbocycles. The maximum absolute atomic E-state index is 13.1. The Morgan fingerprint density at radius 1 is 1.07 bits per heavy atom. The zero-order valence-electron chi connectivity index (χ0n) is 17.4. The highest BCUT2D eigenvalue weighted by molar-refractivity contribution is 5.73. The molecule has 27 heavy (non-hydrogen) atoms. The summed E-state index contributed by atoms with van der Waals surface area (Å²) >= 11 is 0. The van der Waals surface area contributed by atoms with E-state index in [1.165, 1.54) is 6.42 Å². The Kier molecular flexibility index (Phi) is 6.24. The fraction of sp³-hybridized carbons (Fsp3) is 0.955. The van der Waals surface area contributed by atoms with Crippen LogP contribution in [-0.2, 0) is 14.3 Å². The fourth-order valence-corrected chi connectivity index (χ4v) is 6.15. The number of hydrogen-bond acceptors (Lipinski definition) is 5. The van der Waals surface area contributed by atoms with Gasteiger partial charge in [0.05, 0.1) is 24.7 Å². The zero-order valence-corrected chi connectivity index (χ0v) is 17.4. The van der Waals surface area contributed by atoms with Gasteiger partial charge in [0.1, 0.15) is 11.7 Å². The molecule has 0 radical (unpaired) electrons. The van der Waals surface area contributed by atoms with Crippen molar-refractivity contribution < 1.29 is 24.5 Å². The van der Waals surface area contributed by atoms with Gasteiger partial charge in [0.2, 0.25) is 0 Å². The monoisotopic (exact) mass is 382 g/mol. The van der Waals surface area contributed by atoms with Gasteiger partial charge >= 0.3 is 5.97 Å². The first kappa shape index (κ1) is 21.1. The van der Waals surface area contributed by atoms with Crippen molar-refractivity contribution in [1.82, 2.24) is 0 Å². The van der Waals surface area contributed by atoms with Gasteiger partial charge in [-0.05, 0) is 62.2 Å². The molecule has 0 heterocycles. The second-order valence-corrected chi connectivity index (χ2v) is 10.4. The summed E-state index contributed by atoms with van der Waals surface area (Å²) in [4.78, 5) is 13.1. The molecule has 5 nitrogen and oxygen atoms in total. The van der Waals surface area contributed by atoms with Crippen molar-refractivity contribution >= 4 is 5.97 Å². The number of esters is 1. The molecule has 4 aliphatic carbocycles. The van der Waals surface area contributed by atoms with Gasteiger partial charge in [0.15, 0.2) is 0 Å². The molecule has 0 aromatic rings. The summed E-state index contributed by atoms with van der Waals surface area (Å²) in [5.74, 6) is 1.73. The molecule has 0 aliphatic heterocycles. The highest BCUT2D eigenvalue weighted by Crippen LogP contribution is 2.60. The Bertz CT molecular complexity index is 515. The van der Waals surface area contributed by atoms with Gasteiger partial charge in [0, 0.05) is 6.42 Å². The summed E-state index contributed by atoms with van der Waals surface area (Å²) in [5.41, 5.74) is -0.693.